The lowest BCUT2D eigenvalue weighted by molar-refractivity contribution is -0.139. The third-order valence-corrected chi connectivity index (χ3v) is 6.53. The molecule has 1 N–H and O–H groups in total. The topological polar surface area (TPSA) is 78.1 Å². The van der Waals surface area contributed by atoms with E-state index in [1.165, 1.54) is 11.3 Å². The molecule has 1 atom stereocenters. The summed E-state index contributed by atoms with van der Waals surface area (Å²) in [7, 11) is 3.95. The third-order valence-electron chi connectivity index (χ3n) is 5.60. The van der Waals surface area contributed by atoms with Crippen molar-refractivity contribution >= 4 is 34.4 Å². The Morgan fingerprint density at radius 3 is 2.68 bits per heavy atom. The summed E-state index contributed by atoms with van der Waals surface area (Å²) in [6, 6.07) is 7.01. The molecule has 3 aromatic rings. The van der Waals surface area contributed by atoms with Crippen molar-refractivity contribution in [3.8, 4) is 0 Å². The van der Waals surface area contributed by atoms with Crippen LogP contribution in [-0.2, 0) is 9.59 Å². The number of aliphatic hydroxyl groups is 1. The van der Waals surface area contributed by atoms with E-state index in [9.17, 15) is 14.7 Å². The second-order valence-electron chi connectivity index (χ2n) is 8.10. The molecule has 0 saturated carbocycles. The van der Waals surface area contributed by atoms with Crippen molar-refractivity contribution in [1.82, 2.24) is 19.2 Å². The fourth-order valence-electron chi connectivity index (χ4n) is 4.14. The number of hydrogen-bond acceptors (Lipinski definition) is 6. The Hall–Kier alpha value is -2.97. The Morgan fingerprint density at radius 2 is 2.00 bits per heavy atom. The van der Waals surface area contributed by atoms with Gasteiger partial charge >= 0.3 is 0 Å². The number of aromatic nitrogens is 2. The summed E-state index contributed by atoms with van der Waals surface area (Å²) in [5, 5.41) is 13.3. The molecule has 1 aliphatic rings. The fraction of sp³-hybridized carbons (Fsp3) is 0.348. The standard InChI is InChI=1S/C23H26N4O3S/c1-14-8-5-11-26-18(15(2)24-22(14)26)20(28)17-19(16-9-6-13-31-16)27(23(30)21(17)29)12-7-10-25(3)4/h5-6,8-9,11,13,19,28H,7,10,12H2,1-4H3/b20-17+/t19-/m1/s1. The van der Waals surface area contributed by atoms with E-state index < -0.39 is 17.7 Å². The molecular weight excluding hydrogens is 412 g/mol. The van der Waals surface area contributed by atoms with Gasteiger partial charge in [0.05, 0.1) is 17.3 Å². The highest BCUT2D eigenvalue weighted by Crippen LogP contribution is 2.41. The van der Waals surface area contributed by atoms with E-state index in [4.69, 9.17) is 0 Å². The molecule has 1 amide bonds. The van der Waals surface area contributed by atoms with Gasteiger partial charge in [0.15, 0.2) is 5.76 Å². The molecule has 1 aliphatic heterocycles. The molecule has 3 aromatic heterocycles. The summed E-state index contributed by atoms with van der Waals surface area (Å²) in [5.41, 5.74) is 2.86. The smallest absolute Gasteiger partial charge is 0.295 e. The number of amides is 1. The number of ketones is 1. The van der Waals surface area contributed by atoms with Gasteiger partial charge in [0, 0.05) is 17.6 Å². The van der Waals surface area contributed by atoms with Gasteiger partial charge in [0.25, 0.3) is 11.7 Å². The van der Waals surface area contributed by atoms with E-state index >= 15 is 0 Å². The van der Waals surface area contributed by atoms with Crippen molar-refractivity contribution in [2.75, 3.05) is 27.2 Å². The molecule has 0 radical (unpaired) electrons. The lowest BCUT2D eigenvalue weighted by Gasteiger charge is -2.24. The van der Waals surface area contributed by atoms with Gasteiger partial charge in [-0.05, 0) is 64.0 Å². The van der Waals surface area contributed by atoms with Crippen LogP contribution in [0.4, 0.5) is 0 Å². The predicted octanol–water partition coefficient (Wildman–Crippen LogP) is 3.39. The van der Waals surface area contributed by atoms with Gasteiger partial charge in [0.2, 0.25) is 0 Å². The number of rotatable bonds is 6. The first-order valence-electron chi connectivity index (χ1n) is 10.2. The van der Waals surface area contributed by atoms with Crippen LogP contribution < -0.4 is 0 Å². The van der Waals surface area contributed by atoms with Crippen molar-refractivity contribution < 1.29 is 14.7 Å². The lowest BCUT2D eigenvalue weighted by atomic mass is 10.0. The van der Waals surface area contributed by atoms with E-state index in [1.807, 2.05) is 61.8 Å². The second kappa shape index (κ2) is 8.28. The molecule has 1 saturated heterocycles. The molecule has 4 rings (SSSR count). The Kier molecular flexibility index (Phi) is 5.68. The zero-order chi connectivity index (χ0) is 22.3. The lowest BCUT2D eigenvalue weighted by Crippen LogP contribution is -2.32. The van der Waals surface area contributed by atoms with Crippen molar-refractivity contribution in [3.05, 3.63) is 63.2 Å². The SMILES string of the molecule is Cc1nc2c(C)cccn2c1/C(O)=C1\C(=O)C(=O)N(CCCN(C)C)[C@@H]1c1cccs1. The maximum absolute atomic E-state index is 13.1. The van der Waals surface area contributed by atoms with Crippen LogP contribution in [0.25, 0.3) is 11.4 Å². The number of Topliss-reactive ketones (excluding diaryl/α,β-unsaturated/α-hetero) is 1. The Morgan fingerprint density at radius 1 is 1.23 bits per heavy atom. The van der Waals surface area contributed by atoms with Gasteiger partial charge in [-0.15, -0.1) is 11.3 Å². The average molecular weight is 439 g/mol. The fourth-order valence-corrected chi connectivity index (χ4v) is 4.99. The van der Waals surface area contributed by atoms with E-state index in [2.05, 4.69) is 4.98 Å². The monoisotopic (exact) mass is 438 g/mol. The van der Waals surface area contributed by atoms with E-state index in [-0.39, 0.29) is 11.3 Å². The number of carbonyl (C=O) groups is 2. The number of pyridine rings is 1. The van der Waals surface area contributed by atoms with Crippen molar-refractivity contribution in [3.63, 3.8) is 0 Å². The van der Waals surface area contributed by atoms with Crippen LogP contribution in [0.2, 0.25) is 0 Å². The van der Waals surface area contributed by atoms with Crippen LogP contribution in [0.15, 0.2) is 41.4 Å². The maximum atomic E-state index is 13.1. The van der Waals surface area contributed by atoms with Crippen molar-refractivity contribution in [1.29, 1.82) is 0 Å². The minimum atomic E-state index is -0.650. The number of nitrogens with zero attached hydrogens (tertiary/aromatic N) is 4. The van der Waals surface area contributed by atoms with Crippen LogP contribution in [0.3, 0.4) is 0 Å². The average Bonchev–Trinajstić information content (AvgIpc) is 3.41. The molecule has 1 fully saturated rings. The van der Waals surface area contributed by atoms with Crippen molar-refractivity contribution in [2.24, 2.45) is 0 Å². The van der Waals surface area contributed by atoms with Gasteiger partial charge in [-0.1, -0.05) is 12.1 Å². The molecule has 4 heterocycles. The zero-order valence-electron chi connectivity index (χ0n) is 18.1. The normalized spacial score (nSPS) is 18.6. The highest BCUT2D eigenvalue weighted by molar-refractivity contribution is 7.10. The molecule has 8 heteroatoms. The Bertz CT molecular complexity index is 1180. The van der Waals surface area contributed by atoms with Crippen LogP contribution in [0.1, 0.15) is 34.3 Å². The molecule has 162 valence electrons. The highest BCUT2D eigenvalue weighted by atomic mass is 32.1. The summed E-state index contributed by atoms with van der Waals surface area (Å²) in [4.78, 5) is 35.2. The van der Waals surface area contributed by atoms with E-state index in [1.54, 1.807) is 16.2 Å². The van der Waals surface area contributed by atoms with Crippen LogP contribution >= 0.6 is 11.3 Å². The minimum absolute atomic E-state index is 0.128. The number of aliphatic hydroxyl groups excluding tert-OH is 1. The van der Waals surface area contributed by atoms with Gasteiger partial charge < -0.3 is 14.9 Å². The molecule has 0 aromatic carbocycles. The van der Waals surface area contributed by atoms with Gasteiger partial charge in [-0.3, -0.25) is 14.0 Å². The first-order valence-corrected chi connectivity index (χ1v) is 11.1. The van der Waals surface area contributed by atoms with Crippen LogP contribution in [0.5, 0.6) is 0 Å². The molecule has 0 spiro atoms. The van der Waals surface area contributed by atoms with E-state index in [0.717, 1.165) is 29.1 Å². The number of aryl methyl sites for hydroxylation is 2. The third kappa shape index (κ3) is 3.66. The Labute approximate surface area is 185 Å². The summed E-state index contributed by atoms with van der Waals surface area (Å²) in [5.74, 6) is -1.40. The first kappa shape index (κ1) is 21.3. The molecule has 0 unspecified atom stereocenters. The molecule has 0 aliphatic carbocycles. The summed E-state index contributed by atoms with van der Waals surface area (Å²) in [6.45, 7) is 4.98. The molecule has 31 heavy (non-hydrogen) atoms. The first-order chi connectivity index (χ1) is 14.8. The van der Waals surface area contributed by atoms with Gasteiger partial charge in [0.1, 0.15) is 11.3 Å². The van der Waals surface area contributed by atoms with E-state index in [0.29, 0.717) is 17.9 Å². The molecular formula is C23H26N4O3S. The van der Waals surface area contributed by atoms with Crippen molar-refractivity contribution in [2.45, 2.75) is 26.3 Å². The molecule has 0 bridgehead atoms. The summed E-state index contributed by atoms with van der Waals surface area (Å²) >= 11 is 1.47. The summed E-state index contributed by atoms with van der Waals surface area (Å²) in [6.07, 6.45) is 2.54. The number of thiophene rings is 1. The highest BCUT2D eigenvalue weighted by Gasteiger charge is 2.46. The van der Waals surface area contributed by atoms with Gasteiger partial charge in [-0.25, -0.2) is 4.98 Å². The van der Waals surface area contributed by atoms with Gasteiger partial charge in [-0.2, -0.15) is 0 Å². The maximum Gasteiger partial charge on any atom is 0.295 e. The largest absolute Gasteiger partial charge is 0.505 e. The predicted molar refractivity (Wildman–Crippen MR) is 121 cm³/mol. The molecule has 7 nitrogen and oxygen atoms in total. The van der Waals surface area contributed by atoms with Crippen LogP contribution in [0, 0.1) is 13.8 Å². The number of fused-ring (bicyclic) bond motifs is 1. The number of imidazole rings is 1. The minimum Gasteiger partial charge on any atom is -0.505 e. The van der Waals surface area contributed by atoms with Crippen LogP contribution in [-0.4, -0.2) is 63.2 Å². The zero-order valence-corrected chi connectivity index (χ0v) is 18.9. The number of carbonyl (C=O) groups excluding carboxylic acids is 2. The second-order valence-corrected chi connectivity index (χ2v) is 9.07. The number of likely N-dealkylation sites (tertiary alicyclic amines) is 1. The quantitative estimate of drug-likeness (QED) is 0.363. The Balaban J connectivity index is 1.86. The number of hydrogen-bond donors (Lipinski definition) is 1. The summed E-state index contributed by atoms with van der Waals surface area (Å²) < 4.78 is 1.78.